The first-order chi connectivity index (χ1) is 21.8. The Balaban J connectivity index is 1.30. The van der Waals surface area contributed by atoms with Crippen molar-refractivity contribution in [3.05, 3.63) is 167 Å². The Labute approximate surface area is 260 Å². The normalized spacial score (nSPS) is 14.4. The molecule has 0 fully saturated rings. The van der Waals surface area contributed by atoms with Crippen molar-refractivity contribution in [3.8, 4) is 5.75 Å². The first kappa shape index (κ1) is 29.4. The lowest BCUT2D eigenvalue weighted by atomic mass is 9.95. The van der Waals surface area contributed by atoms with Gasteiger partial charge in [0.25, 0.3) is 17.2 Å². The average Bonchev–Trinajstić information content (AvgIpc) is 3.34. The standard InChI is InChI=1S/C34H25FN4O5S/c1-21-30(32(40)37-26-5-3-2-4-6-26)31(24-11-13-25(35)14-12-24)38-33(41)29(45-34(38)36-21)19-22-9-17-28(18-10-22)44-20-23-7-15-27(16-8-23)39(42)43/h2-19,31H,20H2,1H3,(H,37,40)/b29-19-. The van der Waals surface area contributed by atoms with E-state index in [2.05, 4.69) is 10.3 Å². The second-order valence-corrected chi connectivity index (χ2v) is 11.2. The zero-order valence-electron chi connectivity index (χ0n) is 23.8. The second-order valence-electron chi connectivity index (χ2n) is 10.2. The summed E-state index contributed by atoms with van der Waals surface area (Å²) in [5.74, 6) is -0.245. The van der Waals surface area contributed by atoms with Crippen molar-refractivity contribution in [2.75, 3.05) is 5.32 Å². The van der Waals surface area contributed by atoms with Gasteiger partial charge in [0.05, 0.1) is 26.8 Å². The fourth-order valence-electron chi connectivity index (χ4n) is 4.98. The summed E-state index contributed by atoms with van der Waals surface area (Å²) in [6.45, 7) is 1.96. The van der Waals surface area contributed by atoms with Crippen molar-refractivity contribution >= 4 is 34.7 Å². The minimum atomic E-state index is -0.817. The molecule has 1 atom stereocenters. The minimum Gasteiger partial charge on any atom is -0.489 e. The van der Waals surface area contributed by atoms with E-state index in [0.29, 0.717) is 37.6 Å². The number of aromatic nitrogens is 1. The lowest BCUT2D eigenvalue weighted by Crippen LogP contribution is -2.40. The topological polar surface area (TPSA) is 116 Å². The van der Waals surface area contributed by atoms with E-state index in [1.807, 2.05) is 18.2 Å². The lowest BCUT2D eigenvalue weighted by molar-refractivity contribution is -0.384. The Morgan fingerprint density at radius 3 is 2.38 bits per heavy atom. The molecule has 4 aromatic carbocycles. The molecule has 1 amide bonds. The predicted molar refractivity (Wildman–Crippen MR) is 169 cm³/mol. The van der Waals surface area contributed by atoms with E-state index in [1.54, 1.807) is 73.7 Å². The van der Waals surface area contributed by atoms with Crippen LogP contribution in [0.1, 0.15) is 29.7 Å². The second kappa shape index (κ2) is 12.5. The van der Waals surface area contributed by atoms with Crippen LogP contribution < -0.4 is 24.9 Å². The molecule has 0 saturated carbocycles. The molecule has 2 heterocycles. The molecule has 0 bridgehead atoms. The number of non-ortho nitro benzene ring substituents is 1. The number of halogens is 1. The number of nitro benzene ring substituents is 1. The Kier molecular flexibility index (Phi) is 8.17. The summed E-state index contributed by atoms with van der Waals surface area (Å²) in [6, 6.07) is 27.2. The number of nitro groups is 1. The Morgan fingerprint density at radius 1 is 1.02 bits per heavy atom. The minimum absolute atomic E-state index is 0.0132. The monoisotopic (exact) mass is 620 g/mol. The van der Waals surface area contributed by atoms with Gasteiger partial charge in [-0.2, -0.15) is 0 Å². The summed E-state index contributed by atoms with van der Waals surface area (Å²) in [4.78, 5) is 43.0. The molecule has 1 aliphatic heterocycles. The van der Waals surface area contributed by atoms with E-state index >= 15 is 0 Å². The van der Waals surface area contributed by atoms with Crippen molar-refractivity contribution in [1.29, 1.82) is 0 Å². The highest BCUT2D eigenvalue weighted by atomic mass is 32.1. The smallest absolute Gasteiger partial charge is 0.271 e. The molecule has 0 saturated heterocycles. The van der Waals surface area contributed by atoms with E-state index < -0.39 is 22.7 Å². The van der Waals surface area contributed by atoms with Gasteiger partial charge in [-0.15, -0.1) is 0 Å². The van der Waals surface area contributed by atoms with Crippen molar-refractivity contribution < 1.29 is 18.8 Å². The molecule has 0 spiro atoms. The molecule has 1 unspecified atom stereocenters. The molecule has 9 nitrogen and oxygen atoms in total. The van der Waals surface area contributed by atoms with Crippen LogP contribution in [0.15, 0.2) is 124 Å². The summed E-state index contributed by atoms with van der Waals surface area (Å²) < 4.78 is 21.6. The number of allylic oxidation sites excluding steroid dienone is 1. The van der Waals surface area contributed by atoms with E-state index in [1.165, 1.54) is 40.2 Å². The van der Waals surface area contributed by atoms with Crippen LogP contribution >= 0.6 is 11.3 Å². The number of carbonyl (C=O) groups excluding carboxylic acids is 1. The first-order valence-corrected chi connectivity index (χ1v) is 14.7. The number of hydrogen-bond acceptors (Lipinski definition) is 7. The number of rotatable bonds is 8. The van der Waals surface area contributed by atoms with Crippen molar-refractivity contribution in [2.45, 2.75) is 19.6 Å². The third-order valence-electron chi connectivity index (χ3n) is 7.21. The molecule has 1 aromatic heterocycles. The molecule has 45 heavy (non-hydrogen) atoms. The highest BCUT2D eigenvalue weighted by Gasteiger charge is 2.32. The van der Waals surface area contributed by atoms with Gasteiger partial charge in [-0.1, -0.05) is 53.8 Å². The third-order valence-corrected chi connectivity index (χ3v) is 8.20. The Hall–Kier alpha value is -5.68. The fraction of sp³-hybridized carbons (Fsp3) is 0.0882. The SMILES string of the molecule is CC1=C(C(=O)Nc2ccccc2)C(c2ccc(F)cc2)n2c(s/c(=C\c3ccc(OCc4ccc([N+](=O)[O-])cc4)cc3)c2=O)=N1. The van der Waals surface area contributed by atoms with Crippen LogP contribution in [-0.4, -0.2) is 15.4 Å². The molecule has 224 valence electrons. The number of benzene rings is 4. The number of amides is 1. The Bertz CT molecular complexity index is 2110. The maximum atomic E-state index is 13.9. The van der Waals surface area contributed by atoms with Crippen LogP contribution in [0.4, 0.5) is 15.8 Å². The van der Waals surface area contributed by atoms with Gasteiger partial charge in [-0.3, -0.25) is 24.3 Å². The number of ether oxygens (including phenoxy) is 1. The van der Waals surface area contributed by atoms with Gasteiger partial charge in [0.2, 0.25) is 0 Å². The molecule has 1 aliphatic rings. The number of anilines is 1. The maximum absolute atomic E-state index is 13.9. The van der Waals surface area contributed by atoms with Gasteiger partial charge < -0.3 is 10.1 Å². The fourth-order valence-corrected chi connectivity index (χ4v) is 6.03. The predicted octanol–water partition coefficient (Wildman–Crippen LogP) is 5.50. The van der Waals surface area contributed by atoms with Crippen molar-refractivity contribution in [1.82, 2.24) is 4.57 Å². The highest BCUT2D eigenvalue weighted by molar-refractivity contribution is 7.07. The van der Waals surface area contributed by atoms with Crippen LogP contribution in [0.2, 0.25) is 0 Å². The summed E-state index contributed by atoms with van der Waals surface area (Å²) in [5.41, 5.74) is 3.14. The van der Waals surface area contributed by atoms with Gasteiger partial charge in [0.1, 0.15) is 18.2 Å². The van der Waals surface area contributed by atoms with E-state index in [0.717, 1.165) is 11.1 Å². The number of thiazole rings is 1. The molecule has 6 rings (SSSR count). The highest BCUT2D eigenvalue weighted by Crippen LogP contribution is 2.31. The summed E-state index contributed by atoms with van der Waals surface area (Å²) in [6.07, 6.45) is 1.74. The summed E-state index contributed by atoms with van der Waals surface area (Å²) in [5, 5.41) is 13.8. The maximum Gasteiger partial charge on any atom is 0.271 e. The molecule has 5 aromatic rings. The van der Waals surface area contributed by atoms with Crippen LogP contribution in [-0.2, 0) is 11.4 Å². The van der Waals surface area contributed by atoms with E-state index in [9.17, 15) is 24.1 Å². The first-order valence-electron chi connectivity index (χ1n) is 13.9. The van der Waals surface area contributed by atoms with Crippen LogP contribution in [0, 0.1) is 15.9 Å². The third kappa shape index (κ3) is 6.34. The zero-order chi connectivity index (χ0) is 31.5. The Morgan fingerprint density at radius 2 is 1.71 bits per heavy atom. The summed E-state index contributed by atoms with van der Waals surface area (Å²) in [7, 11) is 0. The summed E-state index contributed by atoms with van der Waals surface area (Å²) >= 11 is 1.20. The van der Waals surface area contributed by atoms with Gasteiger partial charge in [0.15, 0.2) is 4.80 Å². The zero-order valence-corrected chi connectivity index (χ0v) is 24.7. The average molecular weight is 621 g/mol. The van der Waals surface area contributed by atoms with Crippen molar-refractivity contribution in [3.63, 3.8) is 0 Å². The number of nitrogens with zero attached hydrogens (tertiary/aromatic N) is 3. The number of carbonyl (C=O) groups is 1. The quantitative estimate of drug-likeness (QED) is 0.182. The van der Waals surface area contributed by atoms with Gasteiger partial charge in [-0.05, 0) is 78.2 Å². The van der Waals surface area contributed by atoms with E-state index in [-0.39, 0.29) is 17.9 Å². The van der Waals surface area contributed by atoms with Crippen LogP contribution in [0.3, 0.4) is 0 Å². The number of para-hydroxylation sites is 1. The lowest BCUT2D eigenvalue weighted by Gasteiger charge is -2.25. The van der Waals surface area contributed by atoms with Crippen LogP contribution in [0.25, 0.3) is 6.08 Å². The van der Waals surface area contributed by atoms with E-state index in [4.69, 9.17) is 4.74 Å². The molecular formula is C34H25FN4O5S. The molecule has 0 aliphatic carbocycles. The van der Waals surface area contributed by atoms with Gasteiger partial charge in [-0.25, -0.2) is 9.38 Å². The molecule has 1 N–H and O–H groups in total. The largest absolute Gasteiger partial charge is 0.489 e. The molecule has 0 radical (unpaired) electrons. The number of fused-ring (bicyclic) bond motifs is 1. The van der Waals surface area contributed by atoms with Gasteiger partial charge in [0, 0.05) is 17.8 Å². The van der Waals surface area contributed by atoms with Crippen LogP contribution in [0.5, 0.6) is 5.75 Å². The van der Waals surface area contributed by atoms with Crippen molar-refractivity contribution in [2.24, 2.45) is 4.99 Å². The molecule has 11 heteroatoms. The molecular weight excluding hydrogens is 595 g/mol. The van der Waals surface area contributed by atoms with Gasteiger partial charge >= 0.3 is 0 Å². The number of hydrogen-bond donors (Lipinski definition) is 1. The number of nitrogens with one attached hydrogen (secondary N) is 1.